The Morgan fingerprint density at radius 1 is 1.30 bits per heavy atom. The molecule has 20 heavy (non-hydrogen) atoms. The zero-order chi connectivity index (χ0) is 14.6. The zero-order valence-corrected chi connectivity index (χ0v) is 12.7. The molecule has 1 aliphatic rings. The zero-order valence-electron chi connectivity index (χ0n) is 11.2. The van der Waals surface area contributed by atoms with Crippen molar-refractivity contribution in [3.05, 3.63) is 29.0 Å². The monoisotopic (exact) mass is 321 g/mol. The molecule has 0 spiro atoms. The third-order valence-corrected chi connectivity index (χ3v) is 5.22. The summed E-state index contributed by atoms with van der Waals surface area (Å²) in [7, 11) is -3.80. The second kappa shape index (κ2) is 6.85. The van der Waals surface area contributed by atoms with E-state index in [1.54, 1.807) is 0 Å². The van der Waals surface area contributed by atoms with Gasteiger partial charge in [0, 0.05) is 30.8 Å². The molecule has 1 aliphatic heterocycles. The molecule has 0 aromatic heterocycles. The van der Waals surface area contributed by atoms with Gasteiger partial charge in [-0.1, -0.05) is 11.6 Å². The first-order valence-electron chi connectivity index (χ1n) is 6.77. The van der Waals surface area contributed by atoms with E-state index in [0.29, 0.717) is 6.54 Å². The van der Waals surface area contributed by atoms with Crippen LogP contribution in [0.25, 0.3) is 0 Å². The highest BCUT2D eigenvalue weighted by Gasteiger charge is 2.19. The number of nitrogens with one attached hydrogen (secondary N) is 2. The molecule has 2 rings (SSSR count). The predicted octanol–water partition coefficient (Wildman–Crippen LogP) is 0.826. The maximum Gasteiger partial charge on any atom is 0.243 e. The van der Waals surface area contributed by atoms with Crippen LogP contribution in [0.5, 0.6) is 0 Å². The molecule has 0 saturated carbocycles. The van der Waals surface area contributed by atoms with E-state index in [0.717, 1.165) is 19.0 Å². The Labute approximate surface area is 124 Å². The standard InChI is InChI=1S/C13H18ClFN2O2S/c14-11-4-5-13(12(15)10-11)20(18,19)16-6-3-9-17-7-1-2-8-17/h4-5,10,16H,1-3,6-9H2/p+1. The lowest BCUT2D eigenvalue weighted by atomic mass is 10.3. The summed E-state index contributed by atoms with van der Waals surface area (Å²) in [4.78, 5) is 1.16. The summed E-state index contributed by atoms with van der Waals surface area (Å²) >= 11 is 5.61. The van der Waals surface area contributed by atoms with E-state index >= 15 is 0 Å². The van der Waals surface area contributed by atoms with Gasteiger partial charge in [-0.25, -0.2) is 17.5 Å². The van der Waals surface area contributed by atoms with Crippen LogP contribution in [0.1, 0.15) is 19.3 Å². The average Bonchev–Trinajstić information content (AvgIpc) is 2.87. The first-order chi connectivity index (χ1) is 9.49. The van der Waals surface area contributed by atoms with Crippen molar-refractivity contribution in [3.63, 3.8) is 0 Å². The molecular formula is C13H19ClFN2O2S+. The van der Waals surface area contributed by atoms with Gasteiger partial charge in [-0.2, -0.15) is 0 Å². The van der Waals surface area contributed by atoms with Gasteiger partial charge in [-0.15, -0.1) is 0 Å². The van der Waals surface area contributed by atoms with Crippen molar-refractivity contribution in [3.8, 4) is 0 Å². The minimum Gasteiger partial charge on any atom is -0.335 e. The Hall–Kier alpha value is -0.690. The highest BCUT2D eigenvalue weighted by atomic mass is 35.5. The molecule has 1 saturated heterocycles. The van der Waals surface area contributed by atoms with Crippen molar-refractivity contribution >= 4 is 21.6 Å². The number of hydrogen-bond donors (Lipinski definition) is 2. The van der Waals surface area contributed by atoms with Crippen LogP contribution in [0.3, 0.4) is 0 Å². The van der Waals surface area contributed by atoms with Crippen molar-refractivity contribution in [2.45, 2.75) is 24.2 Å². The lowest BCUT2D eigenvalue weighted by Crippen LogP contribution is -3.10. The van der Waals surface area contributed by atoms with Gasteiger partial charge >= 0.3 is 0 Å². The number of halogens is 2. The van der Waals surface area contributed by atoms with E-state index in [1.165, 1.54) is 43.0 Å². The largest absolute Gasteiger partial charge is 0.335 e. The highest BCUT2D eigenvalue weighted by Crippen LogP contribution is 2.18. The Morgan fingerprint density at radius 2 is 2.00 bits per heavy atom. The summed E-state index contributed by atoms with van der Waals surface area (Å²) in [6.07, 6.45) is 3.25. The van der Waals surface area contributed by atoms with Crippen LogP contribution in [0, 0.1) is 5.82 Å². The maximum atomic E-state index is 13.6. The fourth-order valence-corrected chi connectivity index (χ4v) is 3.73. The van der Waals surface area contributed by atoms with Crippen molar-refractivity contribution in [1.29, 1.82) is 0 Å². The topological polar surface area (TPSA) is 50.6 Å². The fourth-order valence-electron chi connectivity index (χ4n) is 2.44. The van der Waals surface area contributed by atoms with E-state index in [9.17, 15) is 12.8 Å². The van der Waals surface area contributed by atoms with Crippen molar-refractivity contribution in [2.75, 3.05) is 26.2 Å². The molecule has 0 amide bonds. The highest BCUT2D eigenvalue weighted by molar-refractivity contribution is 7.89. The molecule has 0 bridgehead atoms. The molecule has 0 atom stereocenters. The number of hydrogen-bond acceptors (Lipinski definition) is 2. The first-order valence-corrected chi connectivity index (χ1v) is 8.63. The van der Waals surface area contributed by atoms with E-state index in [-0.39, 0.29) is 9.92 Å². The second-order valence-corrected chi connectivity index (χ2v) is 7.20. The molecule has 7 heteroatoms. The molecule has 1 aromatic rings. The summed E-state index contributed by atoms with van der Waals surface area (Å²) < 4.78 is 39.9. The lowest BCUT2D eigenvalue weighted by Gasteiger charge is -2.12. The molecule has 0 aliphatic carbocycles. The van der Waals surface area contributed by atoms with Gasteiger partial charge in [-0.3, -0.25) is 0 Å². The summed E-state index contributed by atoms with van der Waals surface area (Å²) in [6.45, 7) is 3.61. The van der Waals surface area contributed by atoms with Crippen LogP contribution >= 0.6 is 11.6 Å². The molecule has 0 unspecified atom stereocenters. The quantitative estimate of drug-likeness (QED) is 0.762. The van der Waals surface area contributed by atoms with Crippen LogP contribution in [0.4, 0.5) is 4.39 Å². The van der Waals surface area contributed by atoms with Crippen LogP contribution in [0.15, 0.2) is 23.1 Å². The Balaban J connectivity index is 1.87. The third kappa shape index (κ3) is 4.15. The van der Waals surface area contributed by atoms with Crippen molar-refractivity contribution in [1.82, 2.24) is 4.72 Å². The van der Waals surface area contributed by atoms with Crippen molar-refractivity contribution in [2.24, 2.45) is 0 Å². The third-order valence-electron chi connectivity index (χ3n) is 3.49. The van der Waals surface area contributed by atoms with Gasteiger partial charge in [0.2, 0.25) is 10.0 Å². The van der Waals surface area contributed by atoms with Crippen LogP contribution < -0.4 is 9.62 Å². The first kappa shape index (κ1) is 15.7. The molecule has 2 N–H and O–H groups in total. The Kier molecular flexibility index (Phi) is 5.37. The molecule has 112 valence electrons. The number of sulfonamides is 1. The van der Waals surface area contributed by atoms with E-state index in [2.05, 4.69) is 4.72 Å². The van der Waals surface area contributed by atoms with E-state index < -0.39 is 15.8 Å². The van der Waals surface area contributed by atoms with Crippen LogP contribution in [-0.4, -0.2) is 34.6 Å². The lowest BCUT2D eigenvalue weighted by molar-refractivity contribution is -0.887. The molecule has 1 aromatic carbocycles. The molecular weight excluding hydrogens is 303 g/mol. The second-order valence-electron chi connectivity index (χ2n) is 5.03. The van der Waals surface area contributed by atoms with Gasteiger partial charge in [0.1, 0.15) is 10.7 Å². The minimum absolute atomic E-state index is 0.180. The van der Waals surface area contributed by atoms with Gasteiger partial charge in [0.25, 0.3) is 0 Å². The molecule has 4 nitrogen and oxygen atoms in total. The van der Waals surface area contributed by atoms with Gasteiger partial charge in [-0.05, 0) is 18.2 Å². The number of likely N-dealkylation sites (tertiary alicyclic amines) is 1. The fraction of sp³-hybridized carbons (Fsp3) is 0.538. The number of benzene rings is 1. The SMILES string of the molecule is O=S(=O)(NCCC[NH+]1CCCC1)c1ccc(Cl)cc1F. The average molecular weight is 322 g/mol. The summed E-state index contributed by atoms with van der Waals surface area (Å²) in [5, 5.41) is 0.180. The van der Waals surface area contributed by atoms with E-state index in [4.69, 9.17) is 11.6 Å². The smallest absolute Gasteiger partial charge is 0.243 e. The van der Waals surface area contributed by atoms with Gasteiger partial charge < -0.3 is 4.90 Å². The van der Waals surface area contributed by atoms with Crippen molar-refractivity contribution < 1.29 is 17.7 Å². The minimum atomic E-state index is -3.80. The Morgan fingerprint density at radius 3 is 2.65 bits per heavy atom. The maximum absolute atomic E-state index is 13.6. The molecule has 1 heterocycles. The summed E-state index contributed by atoms with van der Waals surface area (Å²) in [5.41, 5.74) is 0. The number of quaternary nitrogens is 1. The normalized spacial score (nSPS) is 16.7. The molecule has 0 radical (unpaired) electrons. The van der Waals surface area contributed by atoms with Gasteiger partial charge in [0.05, 0.1) is 19.6 Å². The van der Waals surface area contributed by atoms with Crippen LogP contribution in [-0.2, 0) is 10.0 Å². The van der Waals surface area contributed by atoms with Gasteiger partial charge in [0.15, 0.2) is 0 Å². The number of rotatable bonds is 6. The summed E-state index contributed by atoms with van der Waals surface area (Å²) in [5.74, 6) is -0.824. The predicted molar refractivity (Wildman–Crippen MR) is 76.0 cm³/mol. The van der Waals surface area contributed by atoms with Crippen LogP contribution in [0.2, 0.25) is 5.02 Å². The molecule has 1 fully saturated rings. The summed E-state index contributed by atoms with van der Waals surface area (Å²) in [6, 6.07) is 3.56. The van der Waals surface area contributed by atoms with E-state index in [1.807, 2.05) is 0 Å². The Bertz CT molecular complexity index is 559.